The Balaban J connectivity index is 1.05. The number of ether oxygens (including phenoxy) is 2. The summed E-state index contributed by atoms with van der Waals surface area (Å²) in [6, 6.07) is 20.5. The summed E-state index contributed by atoms with van der Waals surface area (Å²) in [5.41, 5.74) is 7.54. The van der Waals surface area contributed by atoms with Crippen LogP contribution in [0.3, 0.4) is 0 Å². The number of likely N-dealkylation sites (tertiary alicyclic amines) is 1. The number of hydrogen-bond donors (Lipinski definition) is 5. The number of rotatable bonds is 18. The third kappa shape index (κ3) is 12.3. The molecule has 4 amide bonds. The highest BCUT2D eigenvalue weighted by Gasteiger charge is 2.48. The summed E-state index contributed by atoms with van der Waals surface area (Å²) in [7, 11) is -10.7. The Kier molecular flexibility index (Phi) is 15.6. The second-order valence-electron chi connectivity index (χ2n) is 16.1. The van der Waals surface area contributed by atoms with Crippen LogP contribution in [-0.2, 0) is 48.1 Å². The summed E-state index contributed by atoms with van der Waals surface area (Å²) in [5.74, 6) is -1.57. The molecule has 2 unspecified atom stereocenters. The zero-order chi connectivity index (χ0) is 46.2. The standard InChI is InChI=1S/C43H51N5O13P2S/c1-6-20-57-42(52)47-38(43(3,4)5)40(50)48-24-30(22-36(48)39(49)45-23-28-15-17-29(18-16-28)37-27(2)46-26-64-37)60-63(55,56)61-62(53,54)59-21-19-44-41(51)58-25-35-33-13-9-7-11-31(33)32-12-8-10-14-34(32)35/h6-18,26,30,35-36,38H,1,19-25H2,2-5H3,(H,44,51)(H,45,49)(H,47,52)(H,53,54)(H,55,56)/t30-,36+,38-/m1/s1. The second kappa shape index (κ2) is 20.7. The van der Waals surface area contributed by atoms with Crippen molar-refractivity contribution in [3.8, 4) is 21.6 Å². The lowest BCUT2D eigenvalue weighted by molar-refractivity contribution is -0.142. The highest BCUT2D eigenvalue weighted by Crippen LogP contribution is 2.61. The molecule has 64 heavy (non-hydrogen) atoms. The van der Waals surface area contributed by atoms with Crippen LogP contribution in [0.5, 0.6) is 0 Å². The zero-order valence-electron chi connectivity index (χ0n) is 35.6. The summed E-state index contributed by atoms with van der Waals surface area (Å²) in [4.78, 5) is 80.5. The van der Waals surface area contributed by atoms with E-state index in [1.807, 2.05) is 79.7 Å². The van der Waals surface area contributed by atoms with Gasteiger partial charge in [0.2, 0.25) is 11.8 Å². The Morgan fingerprint density at radius 2 is 1.59 bits per heavy atom. The van der Waals surface area contributed by atoms with Gasteiger partial charge < -0.3 is 40.1 Å². The summed E-state index contributed by atoms with van der Waals surface area (Å²) in [6.07, 6.45) is -2.11. The van der Waals surface area contributed by atoms with Gasteiger partial charge in [0.1, 0.15) is 25.3 Å². The molecule has 4 aromatic rings. The van der Waals surface area contributed by atoms with Crippen LogP contribution in [0.1, 0.15) is 55.5 Å². The monoisotopic (exact) mass is 939 g/mol. The smallest absolute Gasteiger partial charge is 0.449 e. The average molecular weight is 940 g/mol. The van der Waals surface area contributed by atoms with Crippen molar-refractivity contribution in [3.05, 3.63) is 113 Å². The van der Waals surface area contributed by atoms with E-state index in [1.165, 1.54) is 17.4 Å². The molecule has 0 saturated carbocycles. The molecular formula is C43H51N5O13P2S. The van der Waals surface area contributed by atoms with Gasteiger partial charge in [-0.2, -0.15) is 4.31 Å². The highest BCUT2D eigenvalue weighted by molar-refractivity contribution is 7.61. The number of aryl methyl sites for hydroxylation is 1. The number of thiazole rings is 1. The van der Waals surface area contributed by atoms with Crippen molar-refractivity contribution >= 4 is 51.0 Å². The summed E-state index contributed by atoms with van der Waals surface area (Å²) in [5, 5.41) is 7.73. The first-order valence-corrected chi connectivity index (χ1v) is 24.1. The molecule has 1 fully saturated rings. The molecule has 0 spiro atoms. The van der Waals surface area contributed by atoms with E-state index in [0.29, 0.717) is 0 Å². The van der Waals surface area contributed by atoms with E-state index in [4.69, 9.17) is 18.5 Å². The van der Waals surface area contributed by atoms with Crippen molar-refractivity contribution in [1.82, 2.24) is 25.8 Å². The first-order chi connectivity index (χ1) is 30.4. The fourth-order valence-electron chi connectivity index (χ4n) is 7.46. The Labute approximate surface area is 374 Å². The molecule has 0 bridgehead atoms. The maximum Gasteiger partial charge on any atom is 0.481 e. The predicted octanol–water partition coefficient (Wildman–Crippen LogP) is 6.82. The highest BCUT2D eigenvalue weighted by atomic mass is 32.1. The third-order valence-corrected chi connectivity index (χ3v) is 14.1. The van der Waals surface area contributed by atoms with Crippen LogP contribution in [-0.4, -0.2) is 94.8 Å². The van der Waals surface area contributed by atoms with Gasteiger partial charge in [0.05, 0.1) is 28.8 Å². The summed E-state index contributed by atoms with van der Waals surface area (Å²) >= 11 is 1.50. The number of alkyl carbamates (subject to hydrolysis) is 2. The van der Waals surface area contributed by atoms with Crippen molar-refractivity contribution in [3.63, 3.8) is 0 Å². The molecule has 5 N–H and O–H groups in total. The Morgan fingerprint density at radius 1 is 0.938 bits per heavy atom. The third-order valence-electron chi connectivity index (χ3n) is 10.4. The minimum atomic E-state index is -5.43. The molecule has 5 atom stereocenters. The van der Waals surface area contributed by atoms with E-state index >= 15 is 0 Å². The molecule has 2 heterocycles. The van der Waals surface area contributed by atoms with Gasteiger partial charge in [-0.25, -0.2) is 23.7 Å². The SMILES string of the molecule is C=CCOC(=O)N[C@H](C(=O)N1C[C@H](OP(=O)(O)OP(=O)(O)OCCNC(=O)OCC2c3ccccc3-c3ccccc32)C[C@H]1C(=O)NCc1ccc(-c2scnc2C)cc1)C(C)(C)C. The average Bonchev–Trinajstić information content (AvgIpc) is 3.96. The maximum absolute atomic E-state index is 14.2. The van der Waals surface area contributed by atoms with Crippen LogP contribution < -0.4 is 16.0 Å². The van der Waals surface area contributed by atoms with Crippen LogP contribution >= 0.6 is 27.0 Å². The molecule has 21 heteroatoms. The number of nitrogens with zero attached hydrogens (tertiary/aromatic N) is 2. The van der Waals surface area contributed by atoms with E-state index in [-0.39, 0.29) is 38.6 Å². The minimum Gasteiger partial charge on any atom is -0.449 e. The number of hydrogen-bond acceptors (Lipinski definition) is 13. The van der Waals surface area contributed by atoms with Crippen molar-refractivity contribution in [1.29, 1.82) is 0 Å². The van der Waals surface area contributed by atoms with Gasteiger partial charge in [0.15, 0.2) is 0 Å². The quantitative estimate of drug-likeness (QED) is 0.0391. The molecular weight excluding hydrogens is 889 g/mol. The van der Waals surface area contributed by atoms with Crippen molar-refractivity contribution < 1.29 is 60.9 Å². The van der Waals surface area contributed by atoms with Crippen molar-refractivity contribution in [2.45, 2.75) is 64.8 Å². The number of nitrogens with one attached hydrogen (secondary N) is 3. The van der Waals surface area contributed by atoms with Gasteiger partial charge in [-0.3, -0.25) is 18.6 Å². The number of carbonyl (C=O) groups excluding carboxylic acids is 4. The van der Waals surface area contributed by atoms with E-state index in [2.05, 4.69) is 31.8 Å². The first-order valence-electron chi connectivity index (χ1n) is 20.3. The fourth-order valence-corrected chi connectivity index (χ4v) is 10.5. The lowest BCUT2D eigenvalue weighted by atomic mass is 9.85. The predicted molar refractivity (Wildman–Crippen MR) is 237 cm³/mol. The molecule has 2 aliphatic rings. The molecule has 6 rings (SSSR count). The van der Waals surface area contributed by atoms with Crippen LogP contribution in [0.15, 0.2) is 91.0 Å². The van der Waals surface area contributed by atoms with Gasteiger partial charge in [0, 0.05) is 32.0 Å². The largest absolute Gasteiger partial charge is 0.481 e. The zero-order valence-corrected chi connectivity index (χ0v) is 38.2. The molecule has 1 aromatic heterocycles. The van der Waals surface area contributed by atoms with Crippen molar-refractivity contribution in [2.75, 3.05) is 32.9 Å². The van der Waals surface area contributed by atoms with Crippen LogP contribution in [0.25, 0.3) is 21.6 Å². The molecule has 342 valence electrons. The van der Waals surface area contributed by atoms with Crippen molar-refractivity contribution in [2.24, 2.45) is 5.41 Å². The number of fused-ring (bicyclic) bond motifs is 3. The number of carbonyl (C=O) groups is 4. The maximum atomic E-state index is 14.2. The second-order valence-corrected chi connectivity index (χ2v) is 19.9. The van der Waals surface area contributed by atoms with E-state index in [0.717, 1.165) is 48.9 Å². The first kappa shape index (κ1) is 48.2. The van der Waals surface area contributed by atoms with Gasteiger partial charge in [-0.15, -0.1) is 11.3 Å². The summed E-state index contributed by atoms with van der Waals surface area (Å²) in [6.45, 7) is 8.99. The molecule has 0 radical (unpaired) electrons. The van der Waals surface area contributed by atoms with Crippen LogP contribution in [0.4, 0.5) is 9.59 Å². The van der Waals surface area contributed by atoms with E-state index < -0.39 is 76.4 Å². The lowest BCUT2D eigenvalue weighted by Gasteiger charge is -2.35. The number of phosphoric ester groups is 2. The minimum absolute atomic E-state index is 0.0256. The Bertz CT molecular complexity index is 2400. The Morgan fingerprint density at radius 3 is 2.20 bits per heavy atom. The topological polar surface area (TPSA) is 241 Å². The lowest BCUT2D eigenvalue weighted by Crippen LogP contribution is -2.57. The molecule has 1 saturated heterocycles. The van der Waals surface area contributed by atoms with Gasteiger partial charge in [0.25, 0.3) is 0 Å². The number of phosphoric acid groups is 2. The normalized spacial score (nSPS) is 18.1. The van der Waals surface area contributed by atoms with Gasteiger partial charge in [-0.05, 0) is 45.7 Å². The molecule has 18 nitrogen and oxygen atoms in total. The summed E-state index contributed by atoms with van der Waals surface area (Å²) < 4.78 is 51.1. The molecule has 1 aliphatic carbocycles. The number of amides is 4. The van der Waals surface area contributed by atoms with E-state index in [1.54, 1.807) is 26.3 Å². The van der Waals surface area contributed by atoms with Gasteiger partial charge >= 0.3 is 27.8 Å². The van der Waals surface area contributed by atoms with Gasteiger partial charge in [-0.1, -0.05) is 106 Å². The Hall–Kier alpha value is -5.23. The number of aromatic nitrogens is 1. The van der Waals surface area contributed by atoms with Crippen LogP contribution in [0, 0.1) is 12.3 Å². The number of benzene rings is 3. The fraction of sp³-hybridized carbons (Fsp3) is 0.372. The van der Waals surface area contributed by atoms with Crippen LogP contribution in [0.2, 0.25) is 0 Å². The molecule has 3 aromatic carbocycles. The molecule has 1 aliphatic heterocycles. The van der Waals surface area contributed by atoms with E-state index in [9.17, 15) is 38.1 Å².